The first-order valence-corrected chi connectivity index (χ1v) is 5.98. The standard InChI is InChI=1S/C10H14N4O7/c15-2-3-7(18)8(19)9(21-3)5-6(13-14-12-5)10(20)11-1-4(16)17/h3,7-9,15,18-19H,1-2H2,(H,11,20)(H,16,17)(H,12,13,14)/t3-,7-,8-,9+/m1/s1. The van der Waals surface area contributed by atoms with E-state index in [9.17, 15) is 19.8 Å². The minimum absolute atomic E-state index is 0.0830. The number of aliphatic hydroxyl groups excluding tert-OH is 3. The maximum Gasteiger partial charge on any atom is 0.322 e. The first kappa shape index (κ1) is 15.3. The Balaban J connectivity index is 2.17. The van der Waals surface area contributed by atoms with Gasteiger partial charge in [-0.05, 0) is 0 Å². The Hall–Kier alpha value is -2.08. The largest absolute Gasteiger partial charge is 0.480 e. The highest BCUT2D eigenvalue weighted by Gasteiger charge is 2.45. The maximum atomic E-state index is 11.8. The molecule has 116 valence electrons. The third-order valence-electron chi connectivity index (χ3n) is 3.00. The summed E-state index contributed by atoms with van der Waals surface area (Å²) in [6.45, 7) is -1.13. The van der Waals surface area contributed by atoms with E-state index in [2.05, 4.69) is 20.7 Å². The van der Waals surface area contributed by atoms with E-state index in [1.807, 2.05) is 0 Å². The lowest BCUT2D eigenvalue weighted by Gasteiger charge is -2.12. The summed E-state index contributed by atoms with van der Waals surface area (Å²) in [4.78, 5) is 22.2. The molecule has 21 heavy (non-hydrogen) atoms. The molecular formula is C10H14N4O7. The van der Waals surface area contributed by atoms with Crippen molar-refractivity contribution < 1.29 is 34.8 Å². The van der Waals surface area contributed by atoms with Crippen LogP contribution in [0.5, 0.6) is 0 Å². The summed E-state index contributed by atoms with van der Waals surface area (Å²) >= 11 is 0. The van der Waals surface area contributed by atoms with Crippen molar-refractivity contribution in [3.63, 3.8) is 0 Å². The van der Waals surface area contributed by atoms with Crippen LogP contribution in [-0.2, 0) is 9.53 Å². The van der Waals surface area contributed by atoms with Gasteiger partial charge in [-0.2, -0.15) is 15.4 Å². The third-order valence-corrected chi connectivity index (χ3v) is 3.00. The number of carboxylic acids is 1. The third kappa shape index (κ3) is 3.00. The number of H-pyrrole nitrogens is 1. The molecule has 4 atom stereocenters. The second-order valence-electron chi connectivity index (χ2n) is 4.39. The molecule has 0 aliphatic carbocycles. The van der Waals surface area contributed by atoms with Gasteiger partial charge in [0.1, 0.15) is 36.7 Å². The second-order valence-corrected chi connectivity index (χ2v) is 4.39. The predicted octanol–water partition coefficient (Wildman–Crippen LogP) is -3.23. The van der Waals surface area contributed by atoms with Gasteiger partial charge in [-0.15, -0.1) is 0 Å². The van der Waals surface area contributed by atoms with Gasteiger partial charge in [-0.25, -0.2) is 0 Å². The van der Waals surface area contributed by atoms with Crippen molar-refractivity contribution in [2.45, 2.75) is 24.4 Å². The average molecular weight is 302 g/mol. The topological polar surface area (TPSA) is 178 Å². The van der Waals surface area contributed by atoms with Crippen LogP contribution in [-0.4, -0.2) is 79.2 Å². The van der Waals surface area contributed by atoms with Crippen LogP contribution in [0, 0.1) is 0 Å². The van der Waals surface area contributed by atoms with Gasteiger partial charge in [0.15, 0.2) is 5.69 Å². The fourth-order valence-electron chi connectivity index (χ4n) is 1.97. The molecule has 1 fully saturated rings. The summed E-state index contributed by atoms with van der Waals surface area (Å²) in [5, 5.41) is 48.5. The number of hydrogen-bond acceptors (Lipinski definition) is 8. The van der Waals surface area contributed by atoms with Gasteiger partial charge in [-0.1, -0.05) is 0 Å². The van der Waals surface area contributed by atoms with Crippen molar-refractivity contribution in [1.82, 2.24) is 20.7 Å². The lowest BCUT2D eigenvalue weighted by Crippen LogP contribution is -2.33. The summed E-state index contributed by atoms with van der Waals surface area (Å²) in [7, 11) is 0. The molecule has 0 spiro atoms. The van der Waals surface area contributed by atoms with Crippen LogP contribution < -0.4 is 5.32 Å². The van der Waals surface area contributed by atoms with E-state index in [0.29, 0.717) is 0 Å². The number of rotatable bonds is 5. The van der Waals surface area contributed by atoms with Crippen molar-refractivity contribution in [2.24, 2.45) is 0 Å². The lowest BCUT2D eigenvalue weighted by atomic mass is 10.0. The number of carbonyl (C=O) groups is 2. The van der Waals surface area contributed by atoms with Crippen molar-refractivity contribution in [3.8, 4) is 0 Å². The molecule has 11 nitrogen and oxygen atoms in total. The number of aliphatic hydroxyl groups is 3. The molecule has 0 radical (unpaired) electrons. The zero-order valence-electron chi connectivity index (χ0n) is 10.6. The van der Waals surface area contributed by atoms with Crippen LogP contribution in [0.4, 0.5) is 0 Å². The fraction of sp³-hybridized carbons (Fsp3) is 0.600. The minimum atomic E-state index is -1.40. The highest BCUT2D eigenvalue weighted by atomic mass is 16.6. The Kier molecular flexibility index (Phi) is 4.47. The van der Waals surface area contributed by atoms with Crippen molar-refractivity contribution >= 4 is 11.9 Å². The highest BCUT2D eigenvalue weighted by Crippen LogP contribution is 2.33. The van der Waals surface area contributed by atoms with E-state index in [0.717, 1.165) is 0 Å². The smallest absolute Gasteiger partial charge is 0.322 e. The van der Waals surface area contributed by atoms with Crippen LogP contribution in [0.15, 0.2) is 0 Å². The summed E-state index contributed by atoms with van der Waals surface area (Å²) in [6, 6.07) is 0. The molecular weight excluding hydrogens is 288 g/mol. The Morgan fingerprint density at radius 3 is 2.57 bits per heavy atom. The Morgan fingerprint density at radius 2 is 2.00 bits per heavy atom. The average Bonchev–Trinajstić information content (AvgIpc) is 3.03. The first-order chi connectivity index (χ1) is 9.95. The molecule has 1 aromatic rings. The molecule has 0 bridgehead atoms. The molecule has 0 aromatic carbocycles. The van der Waals surface area contributed by atoms with E-state index in [4.69, 9.17) is 14.9 Å². The van der Waals surface area contributed by atoms with Gasteiger partial charge in [-0.3, -0.25) is 9.59 Å². The monoisotopic (exact) mass is 302 g/mol. The van der Waals surface area contributed by atoms with Gasteiger partial charge in [0.25, 0.3) is 5.91 Å². The molecule has 2 rings (SSSR count). The van der Waals surface area contributed by atoms with Gasteiger partial charge >= 0.3 is 5.97 Å². The van der Waals surface area contributed by atoms with Gasteiger partial charge in [0.2, 0.25) is 0 Å². The number of amides is 1. The minimum Gasteiger partial charge on any atom is -0.480 e. The number of aromatic nitrogens is 3. The first-order valence-electron chi connectivity index (χ1n) is 5.98. The number of aromatic amines is 1. The van der Waals surface area contributed by atoms with E-state index in [-0.39, 0.29) is 11.4 Å². The second kappa shape index (κ2) is 6.13. The van der Waals surface area contributed by atoms with Crippen LogP contribution in [0.1, 0.15) is 22.3 Å². The molecule has 1 aliphatic rings. The molecule has 0 saturated carbocycles. The highest BCUT2D eigenvalue weighted by molar-refractivity contribution is 5.95. The zero-order valence-corrected chi connectivity index (χ0v) is 10.6. The molecule has 1 aliphatic heterocycles. The number of aliphatic carboxylic acids is 1. The van der Waals surface area contributed by atoms with E-state index in [1.165, 1.54) is 0 Å². The molecule has 1 aromatic heterocycles. The van der Waals surface area contributed by atoms with Gasteiger partial charge in [0, 0.05) is 0 Å². The Labute approximate surface area is 117 Å². The van der Waals surface area contributed by atoms with Crippen molar-refractivity contribution in [2.75, 3.05) is 13.2 Å². The number of nitrogens with zero attached hydrogens (tertiary/aromatic N) is 2. The molecule has 6 N–H and O–H groups in total. The van der Waals surface area contributed by atoms with Gasteiger partial charge < -0.3 is 30.5 Å². The van der Waals surface area contributed by atoms with Crippen LogP contribution in [0.2, 0.25) is 0 Å². The number of carbonyl (C=O) groups excluding carboxylic acids is 1. The number of carboxylic acid groups (broad SMARTS) is 1. The summed E-state index contributed by atoms with van der Waals surface area (Å²) in [5.74, 6) is -2.06. The summed E-state index contributed by atoms with van der Waals surface area (Å²) < 4.78 is 5.23. The number of hydrogen-bond donors (Lipinski definition) is 6. The quantitative estimate of drug-likeness (QED) is 0.326. The molecule has 2 heterocycles. The van der Waals surface area contributed by atoms with Gasteiger partial charge in [0.05, 0.1) is 6.61 Å². The zero-order chi connectivity index (χ0) is 15.6. The number of ether oxygens (including phenoxy) is 1. The molecule has 0 unspecified atom stereocenters. The normalized spacial score (nSPS) is 28.5. The van der Waals surface area contributed by atoms with Crippen molar-refractivity contribution in [1.29, 1.82) is 0 Å². The maximum absolute atomic E-state index is 11.8. The predicted molar refractivity (Wildman–Crippen MR) is 63.1 cm³/mol. The lowest BCUT2D eigenvalue weighted by molar-refractivity contribution is -0.135. The Morgan fingerprint density at radius 1 is 1.29 bits per heavy atom. The fourth-order valence-corrected chi connectivity index (χ4v) is 1.97. The van der Waals surface area contributed by atoms with Crippen LogP contribution in [0.25, 0.3) is 0 Å². The summed E-state index contributed by atoms with van der Waals surface area (Å²) in [6.07, 6.45) is -4.93. The Bertz CT molecular complexity index is 533. The van der Waals surface area contributed by atoms with E-state index in [1.54, 1.807) is 0 Å². The molecule has 1 saturated heterocycles. The van der Waals surface area contributed by atoms with E-state index >= 15 is 0 Å². The summed E-state index contributed by atoms with van der Waals surface area (Å²) in [5.41, 5.74) is -0.341. The molecule has 1 amide bonds. The SMILES string of the molecule is O=C(O)CNC(=O)c1n[nH]nc1[C@@H]1O[C@H](CO)[C@@H](O)[C@H]1O. The van der Waals surface area contributed by atoms with Crippen molar-refractivity contribution in [3.05, 3.63) is 11.4 Å². The number of nitrogens with one attached hydrogen (secondary N) is 2. The van der Waals surface area contributed by atoms with Crippen LogP contribution in [0.3, 0.4) is 0 Å². The molecule has 11 heteroatoms. The van der Waals surface area contributed by atoms with Crippen LogP contribution >= 0.6 is 0 Å². The van der Waals surface area contributed by atoms with E-state index < -0.39 is 49.4 Å².